The Labute approximate surface area is 87.9 Å². The van der Waals surface area contributed by atoms with E-state index in [1.165, 1.54) is 23.8 Å². The molecule has 0 radical (unpaired) electrons. The van der Waals surface area contributed by atoms with Crippen LogP contribution in [0.5, 0.6) is 0 Å². The Morgan fingerprint density at radius 2 is 1.67 bits per heavy atom. The zero-order valence-electron chi connectivity index (χ0n) is 8.77. The highest BCUT2D eigenvalue weighted by Crippen LogP contribution is 2.34. The van der Waals surface area contributed by atoms with Crippen LogP contribution in [0.4, 0.5) is 8.78 Å². The maximum atomic E-state index is 13.5. The largest absolute Gasteiger partial charge is 0.206 e. The molecule has 1 aliphatic rings. The van der Waals surface area contributed by atoms with Gasteiger partial charge in [-0.3, -0.25) is 0 Å². The predicted octanol–water partition coefficient (Wildman–Crippen LogP) is 4.09. The number of benzene rings is 1. The van der Waals surface area contributed by atoms with E-state index in [1.54, 1.807) is 0 Å². The molecule has 0 nitrogen and oxygen atoms in total. The van der Waals surface area contributed by atoms with E-state index in [0.29, 0.717) is 6.42 Å². The van der Waals surface area contributed by atoms with Crippen LogP contribution in [0, 0.1) is 11.6 Å². The van der Waals surface area contributed by atoms with Crippen LogP contribution in [-0.4, -0.2) is 0 Å². The second kappa shape index (κ2) is 3.61. The fraction of sp³-hybridized carbons (Fsp3) is 0.231. The molecule has 0 amide bonds. The van der Waals surface area contributed by atoms with Crippen molar-refractivity contribution in [1.82, 2.24) is 0 Å². The lowest BCUT2D eigenvalue weighted by Gasteiger charge is -2.05. The molecular weight excluding hydrogens is 194 g/mol. The predicted molar refractivity (Wildman–Crippen MR) is 57.3 cm³/mol. The normalized spacial score (nSPS) is 15.9. The van der Waals surface area contributed by atoms with Gasteiger partial charge in [-0.1, -0.05) is 23.3 Å². The third-order valence-corrected chi connectivity index (χ3v) is 2.80. The average Bonchev–Trinajstić information content (AvgIpc) is 2.46. The topological polar surface area (TPSA) is 0 Å². The minimum absolute atomic E-state index is 0.119. The molecule has 0 fully saturated rings. The zero-order valence-corrected chi connectivity index (χ0v) is 8.77. The molecule has 0 aliphatic heterocycles. The van der Waals surface area contributed by atoms with E-state index in [2.05, 4.69) is 0 Å². The molecule has 78 valence electrons. The zero-order chi connectivity index (χ0) is 11.0. The number of rotatable bonds is 1. The van der Waals surface area contributed by atoms with Gasteiger partial charge in [-0.25, -0.2) is 8.78 Å². The maximum absolute atomic E-state index is 13.5. The molecule has 2 rings (SSSR count). The molecule has 0 bridgehead atoms. The van der Waals surface area contributed by atoms with Crippen molar-refractivity contribution in [2.45, 2.75) is 20.3 Å². The Bertz CT molecular complexity index is 447. The summed E-state index contributed by atoms with van der Waals surface area (Å²) < 4.78 is 26.9. The van der Waals surface area contributed by atoms with Crippen LogP contribution in [0.15, 0.2) is 35.4 Å². The summed E-state index contributed by atoms with van der Waals surface area (Å²) in [6.45, 7) is 3.94. The smallest absolute Gasteiger partial charge is 0.133 e. The first kappa shape index (κ1) is 10.1. The van der Waals surface area contributed by atoms with E-state index >= 15 is 0 Å². The van der Waals surface area contributed by atoms with Crippen molar-refractivity contribution < 1.29 is 8.78 Å². The van der Waals surface area contributed by atoms with Gasteiger partial charge in [-0.15, -0.1) is 0 Å². The van der Waals surface area contributed by atoms with Crippen molar-refractivity contribution in [3.05, 3.63) is 52.6 Å². The van der Waals surface area contributed by atoms with Crippen molar-refractivity contribution >= 4 is 5.57 Å². The van der Waals surface area contributed by atoms with Gasteiger partial charge < -0.3 is 0 Å². The van der Waals surface area contributed by atoms with Crippen molar-refractivity contribution in [3.8, 4) is 0 Å². The van der Waals surface area contributed by atoms with E-state index in [9.17, 15) is 8.78 Å². The molecule has 1 aromatic rings. The molecule has 0 saturated heterocycles. The average molecular weight is 206 g/mol. The lowest BCUT2D eigenvalue weighted by atomic mass is 10.0. The summed E-state index contributed by atoms with van der Waals surface area (Å²) in [5, 5.41) is 0. The van der Waals surface area contributed by atoms with Crippen LogP contribution < -0.4 is 0 Å². The van der Waals surface area contributed by atoms with Gasteiger partial charge in [-0.2, -0.15) is 0 Å². The Morgan fingerprint density at radius 1 is 1.07 bits per heavy atom. The van der Waals surface area contributed by atoms with E-state index in [1.807, 2.05) is 19.9 Å². The Balaban J connectivity index is 2.46. The quantitative estimate of drug-likeness (QED) is 0.649. The standard InChI is InChI=1S/C13H12F2/c1-8-6-10(7-9(8)2)13-11(14)4-3-5-12(13)15/h3-6H,7H2,1-2H3. The maximum Gasteiger partial charge on any atom is 0.133 e. The minimum atomic E-state index is -0.483. The fourth-order valence-electron chi connectivity index (χ4n) is 1.83. The summed E-state index contributed by atoms with van der Waals surface area (Å²) in [5.41, 5.74) is 3.13. The highest BCUT2D eigenvalue weighted by atomic mass is 19.1. The molecule has 0 saturated carbocycles. The lowest BCUT2D eigenvalue weighted by Crippen LogP contribution is -1.93. The molecule has 2 heteroatoms. The number of hydrogen-bond acceptors (Lipinski definition) is 0. The Morgan fingerprint density at radius 3 is 2.13 bits per heavy atom. The summed E-state index contributed by atoms with van der Waals surface area (Å²) >= 11 is 0. The fourth-order valence-corrected chi connectivity index (χ4v) is 1.83. The van der Waals surface area contributed by atoms with Gasteiger partial charge in [0.05, 0.1) is 0 Å². The van der Waals surface area contributed by atoms with Crippen molar-refractivity contribution in [2.24, 2.45) is 0 Å². The first-order valence-corrected chi connectivity index (χ1v) is 4.91. The summed E-state index contributed by atoms with van der Waals surface area (Å²) in [5.74, 6) is -0.965. The van der Waals surface area contributed by atoms with Crippen LogP contribution in [0.2, 0.25) is 0 Å². The Kier molecular flexibility index (Phi) is 2.43. The van der Waals surface area contributed by atoms with Crippen LogP contribution in [-0.2, 0) is 0 Å². The van der Waals surface area contributed by atoms with Gasteiger partial charge in [0, 0.05) is 5.56 Å². The second-order valence-corrected chi connectivity index (χ2v) is 3.91. The van der Waals surface area contributed by atoms with Crippen LogP contribution in [0.1, 0.15) is 25.8 Å². The highest BCUT2D eigenvalue weighted by molar-refractivity contribution is 5.74. The molecule has 0 N–H and O–H groups in total. The highest BCUT2D eigenvalue weighted by Gasteiger charge is 2.17. The molecule has 0 spiro atoms. The van der Waals surface area contributed by atoms with Crippen molar-refractivity contribution in [2.75, 3.05) is 0 Å². The SMILES string of the molecule is CC1=C(C)CC(c2c(F)cccc2F)=C1. The van der Waals surface area contributed by atoms with Crippen LogP contribution in [0.3, 0.4) is 0 Å². The molecule has 1 aliphatic carbocycles. The van der Waals surface area contributed by atoms with Gasteiger partial charge in [0.25, 0.3) is 0 Å². The summed E-state index contributed by atoms with van der Waals surface area (Å²) in [6.07, 6.45) is 2.50. The summed E-state index contributed by atoms with van der Waals surface area (Å²) in [6, 6.07) is 3.97. The third kappa shape index (κ3) is 1.72. The number of allylic oxidation sites excluding steroid dienone is 4. The number of halogens is 2. The van der Waals surface area contributed by atoms with Gasteiger partial charge in [0.15, 0.2) is 0 Å². The summed E-state index contributed by atoms with van der Waals surface area (Å²) in [7, 11) is 0. The van der Waals surface area contributed by atoms with E-state index in [-0.39, 0.29) is 5.56 Å². The van der Waals surface area contributed by atoms with Crippen LogP contribution in [0.25, 0.3) is 5.57 Å². The van der Waals surface area contributed by atoms with Crippen molar-refractivity contribution in [1.29, 1.82) is 0 Å². The first-order valence-electron chi connectivity index (χ1n) is 4.91. The minimum Gasteiger partial charge on any atom is -0.206 e. The van der Waals surface area contributed by atoms with Crippen molar-refractivity contribution in [3.63, 3.8) is 0 Å². The van der Waals surface area contributed by atoms with E-state index in [4.69, 9.17) is 0 Å². The molecule has 0 atom stereocenters. The first-order chi connectivity index (χ1) is 7.09. The second-order valence-electron chi connectivity index (χ2n) is 3.91. The summed E-state index contributed by atoms with van der Waals surface area (Å²) in [4.78, 5) is 0. The van der Waals surface area contributed by atoms with Gasteiger partial charge in [0.1, 0.15) is 11.6 Å². The molecule has 0 aromatic heterocycles. The molecular formula is C13H12F2. The van der Waals surface area contributed by atoms with Crippen LogP contribution >= 0.6 is 0 Å². The Hall–Kier alpha value is -1.44. The molecule has 15 heavy (non-hydrogen) atoms. The lowest BCUT2D eigenvalue weighted by molar-refractivity contribution is 0.576. The third-order valence-electron chi connectivity index (χ3n) is 2.80. The van der Waals surface area contributed by atoms with E-state index in [0.717, 1.165) is 11.1 Å². The molecule has 1 aromatic carbocycles. The van der Waals surface area contributed by atoms with Gasteiger partial charge >= 0.3 is 0 Å². The number of hydrogen-bond donors (Lipinski definition) is 0. The molecule has 0 heterocycles. The van der Waals surface area contributed by atoms with Gasteiger partial charge in [0.2, 0.25) is 0 Å². The van der Waals surface area contributed by atoms with E-state index < -0.39 is 11.6 Å². The molecule has 0 unspecified atom stereocenters. The van der Waals surface area contributed by atoms with Gasteiger partial charge in [-0.05, 0) is 38.0 Å². The monoisotopic (exact) mass is 206 g/mol.